The number of carbonyl (C=O) groups excluding carboxylic acids is 2. The Morgan fingerprint density at radius 2 is 2.00 bits per heavy atom. The van der Waals surface area contributed by atoms with Crippen molar-refractivity contribution < 1.29 is 24.5 Å². The molecule has 0 radical (unpaired) electrons. The SMILES string of the molecule is C/C(=C\c1csc(C)n1)[C@H]1C[C@@H]2C[C@@H]2CCC[C@@H]2C=C(C(=O)[C@H](C)[C@H]2O)[C@@H](O)CC(=O)O1. The van der Waals surface area contributed by atoms with E-state index in [1.807, 2.05) is 25.3 Å². The van der Waals surface area contributed by atoms with Crippen LogP contribution in [0, 0.1) is 30.6 Å². The number of thiazole rings is 1. The maximum Gasteiger partial charge on any atom is 0.309 e. The number of ketones is 1. The fourth-order valence-electron chi connectivity index (χ4n) is 5.15. The van der Waals surface area contributed by atoms with Gasteiger partial charge in [-0.25, -0.2) is 4.98 Å². The molecule has 0 amide bonds. The highest BCUT2D eigenvalue weighted by Crippen LogP contribution is 2.47. The number of esters is 1. The topological polar surface area (TPSA) is 96.7 Å². The van der Waals surface area contributed by atoms with Gasteiger partial charge < -0.3 is 14.9 Å². The van der Waals surface area contributed by atoms with Gasteiger partial charge in [0.15, 0.2) is 5.78 Å². The number of cyclic esters (lactones) is 1. The number of hydrogen-bond donors (Lipinski definition) is 2. The van der Waals surface area contributed by atoms with Gasteiger partial charge in [0.1, 0.15) is 6.10 Å². The number of aliphatic hydroxyl groups excluding tert-OH is 2. The molecule has 0 aromatic carbocycles. The molecule has 1 aromatic rings. The second-order valence-electron chi connectivity index (χ2n) is 9.73. The molecule has 0 saturated heterocycles. The smallest absolute Gasteiger partial charge is 0.309 e. The summed E-state index contributed by atoms with van der Waals surface area (Å²) >= 11 is 1.58. The fraction of sp³-hybridized carbons (Fsp3) is 0.640. The lowest BCUT2D eigenvalue weighted by atomic mass is 9.76. The number of ether oxygens (including phenoxy) is 1. The normalized spacial score (nSPS) is 36.6. The van der Waals surface area contributed by atoms with Crippen molar-refractivity contribution in [2.75, 3.05) is 0 Å². The predicted octanol–water partition coefficient (Wildman–Crippen LogP) is 3.85. The summed E-state index contributed by atoms with van der Waals surface area (Å²) in [4.78, 5) is 29.9. The zero-order valence-corrected chi connectivity index (χ0v) is 19.8. The molecule has 0 unspecified atom stereocenters. The monoisotopic (exact) mass is 459 g/mol. The Morgan fingerprint density at radius 3 is 2.72 bits per heavy atom. The summed E-state index contributed by atoms with van der Waals surface area (Å²) in [5.41, 5.74) is 2.05. The quantitative estimate of drug-likeness (QED) is 0.652. The van der Waals surface area contributed by atoms with Gasteiger partial charge in [0.05, 0.1) is 29.3 Å². The largest absolute Gasteiger partial charge is 0.458 e. The van der Waals surface area contributed by atoms with Crippen molar-refractivity contribution >= 4 is 29.2 Å². The van der Waals surface area contributed by atoms with Gasteiger partial charge >= 0.3 is 5.97 Å². The molecule has 2 N–H and O–H groups in total. The van der Waals surface area contributed by atoms with Crippen LogP contribution in [0.5, 0.6) is 0 Å². The molecule has 0 spiro atoms. The molecule has 7 heteroatoms. The standard InChI is InChI=1S/C25H33NO5S/c1-13(7-19-12-32-15(3)26-19)22-10-18-8-16(18)5-4-6-17-9-20(21(27)11-23(28)31-22)25(30)14(2)24(17)29/h7,9,12,14,16-18,21-22,24,27,29H,4-6,8,10-11H2,1-3H3/b13-7+/t14-,16+,17-,18+,21+,22-,24-/m1/s1. The van der Waals surface area contributed by atoms with Gasteiger partial charge in [0.2, 0.25) is 0 Å². The minimum atomic E-state index is -1.21. The molecule has 1 aromatic heterocycles. The van der Waals surface area contributed by atoms with Gasteiger partial charge in [-0.2, -0.15) is 0 Å². The Labute approximate surface area is 193 Å². The van der Waals surface area contributed by atoms with Crippen molar-refractivity contribution in [3.8, 4) is 0 Å². The first-order valence-corrected chi connectivity index (χ1v) is 12.5. The summed E-state index contributed by atoms with van der Waals surface area (Å²) in [5.74, 6) is -0.404. The molecule has 4 rings (SSSR count). The van der Waals surface area contributed by atoms with Crippen molar-refractivity contribution in [2.24, 2.45) is 23.7 Å². The summed E-state index contributed by atoms with van der Waals surface area (Å²) in [5, 5.41) is 24.2. The first kappa shape index (κ1) is 23.3. The molecule has 2 aliphatic carbocycles. The number of hydrogen-bond acceptors (Lipinski definition) is 7. The highest BCUT2D eigenvalue weighted by atomic mass is 32.1. The highest BCUT2D eigenvalue weighted by Gasteiger charge is 2.41. The lowest BCUT2D eigenvalue weighted by molar-refractivity contribution is -0.149. The lowest BCUT2D eigenvalue weighted by Crippen LogP contribution is -2.40. The fourth-order valence-corrected chi connectivity index (χ4v) is 5.72. The van der Waals surface area contributed by atoms with Gasteiger partial charge in [0, 0.05) is 22.8 Å². The second kappa shape index (κ2) is 9.57. The van der Waals surface area contributed by atoms with Crippen LogP contribution < -0.4 is 0 Å². The maximum atomic E-state index is 12.8. The summed E-state index contributed by atoms with van der Waals surface area (Å²) < 4.78 is 5.84. The van der Waals surface area contributed by atoms with Crippen molar-refractivity contribution in [3.63, 3.8) is 0 Å². The number of Topliss-reactive ketones (excluding diaryl/α,β-unsaturated/α-hetero) is 1. The van der Waals surface area contributed by atoms with Crippen LogP contribution in [0.3, 0.4) is 0 Å². The molecule has 1 saturated carbocycles. The van der Waals surface area contributed by atoms with Crippen molar-refractivity contribution in [3.05, 3.63) is 33.3 Å². The van der Waals surface area contributed by atoms with Crippen molar-refractivity contribution in [1.29, 1.82) is 0 Å². The van der Waals surface area contributed by atoms with E-state index in [0.717, 1.165) is 48.4 Å². The van der Waals surface area contributed by atoms with E-state index in [4.69, 9.17) is 4.74 Å². The van der Waals surface area contributed by atoms with Crippen LogP contribution in [0.2, 0.25) is 0 Å². The third-order valence-electron chi connectivity index (χ3n) is 7.25. The van der Waals surface area contributed by atoms with E-state index < -0.39 is 24.1 Å². The first-order chi connectivity index (χ1) is 15.2. The molecular weight excluding hydrogens is 426 g/mol. The zero-order valence-electron chi connectivity index (χ0n) is 19.0. The van der Waals surface area contributed by atoms with Crippen LogP contribution in [0.25, 0.3) is 6.08 Å². The molecule has 174 valence electrons. The molecule has 32 heavy (non-hydrogen) atoms. The number of aryl methyl sites for hydroxylation is 1. The van der Waals surface area contributed by atoms with Crippen LogP contribution in [0.15, 0.2) is 22.6 Å². The van der Waals surface area contributed by atoms with Gasteiger partial charge in [-0.1, -0.05) is 25.8 Å². The molecule has 6 nitrogen and oxygen atoms in total. The first-order valence-electron chi connectivity index (χ1n) is 11.6. The number of fused-ring (bicyclic) bond motifs is 2. The number of nitrogens with zero attached hydrogens (tertiary/aromatic N) is 1. The Morgan fingerprint density at radius 1 is 1.22 bits per heavy atom. The number of rotatable bonds is 2. The van der Waals surface area contributed by atoms with Gasteiger partial charge in [0.25, 0.3) is 0 Å². The molecule has 2 heterocycles. The summed E-state index contributed by atoms with van der Waals surface area (Å²) in [6.45, 7) is 5.62. The average molecular weight is 460 g/mol. The van der Waals surface area contributed by atoms with Crippen molar-refractivity contribution in [2.45, 2.75) is 77.6 Å². The molecule has 1 aliphatic heterocycles. The Hall–Kier alpha value is -1.83. The van der Waals surface area contributed by atoms with Gasteiger partial charge in [-0.05, 0) is 56.6 Å². The highest BCUT2D eigenvalue weighted by molar-refractivity contribution is 7.09. The summed E-state index contributed by atoms with van der Waals surface area (Å²) in [6, 6.07) is 0. The molecule has 1 fully saturated rings. The van der Waals surface area contributed by atoms with Crippen LogP contribution in [-0.4, -0.2) is 45.3 Å². The Kier molecular flexibility index (Phi) is 6.98. The zero-order chi connectivity index (χ0) is 23.0. The third-order valence-corrected chi connectivity index (χ3v) is 8.05. The molecule has 3 aliphatic rings. The van der Waals surface area contributed by atoms with Gasteiger partial charge in [-0.3, -0.25) is 9.59 Å². The Balaban J connectivity index is 1.55. The summed E-state index contributed by atoms with van der Waals surface area (Å²) in [7, 11) is 0. The average Bonchev–Trinajstić information content (AvgIpc) is 3.35. The van der Waals surface area contributed by atoms with E-state index in [1.165, 1.54) is 0 Å². The van der Waals surface area contributed by atoms with E-state index in [2.05, 4.69) is 4.98 Å². The summed E-state index contributed by atoms with van der Waals surface area (Å²) in [6.07, 6.45) is 5.82. The van der Waals surface area contributed by atoms with Crippen molar-refractivity contribution in [1.82, 2.24) is 4.98 Å². The third kappa shape index (κ3) is 5.21. The second-order valence-corrected chi connectivity index (χ2v) is 10.8. The van der Waals surface area contributed by atoms with Crippen LogP contribution >= 0.6 is 11.3 Å². The van der Waals surface area contributed by atoms with E-state index in [9.17, 15) is 19.8 Å². The lowest BCUT2D eigenvalue weighted by Gasteiger charge is -2.32. The van der Waals surface area contributed by atoms with E-state index in [1.54, 1.807) is 24.3 Å². The van der Waals surface area contributed by atoms with Crippen LogP contribution in [-0.2, 0) is 14.3 Å². The number of carbonyl (C=O) groups is 2. The van der Waals surface area contributed by atoms with E-state index in [0.29, 0.717) is 11.8 Å². The Bertz CT molecular complexity index is 935. The predicted molar refractivity (Wildman–Crippen MR) is 123 cm³/mol. The van der Waals surface area contributed by atoms with E-state index in [-0.39, 0.29) is 29.8 Å². The molecular formula is C25H33NO5S. The maximum absolute atomic E-state index is 12.8. The number of aromatic nitrogens is 1. The molecule has 2 bridgehead atoms. The minimum absolute atomic E-state index is 0.164. The van der Waals surface area contributed by atoms with Crippen LogP contribution in [0.1, 0.15) is 63.1 Å². The van der Waals surface area contributed by atoms with Crippen LogP contribution in [0.4, 0.5) is 0 Å². The molecule has 7 atom stereocenters. The van der Waals surface area contributed by atoms with E-state index >= 15 is 0 Å². The number of aliphatic hydroxyl groups is 2. The van der Waals surface area contributed by atoms with Gasteiger partial charge in [-0.15, -0.1) is 11.3 Å². The minimum Gasteiger partial charge on any atom is -0.458 e.